The molecule has 0 heterocycles. The first kappa shape index (κ1) is 64.1. The van der Waals surface area contributed by atoms with Gasteiger partial charge >= 0.3 is 17.9 Å². The number of ether oxygens (including phenoxy) is 3. The van der Waals surface area contributed by atoms with E-state index in [2.05, 4.69) is 81.5 Å². The molecule has 0 aliphatic carbocycles. The van der Waals surface area contributed by atoms with Crippen molar-refractivity contribution in [1.29, 1.82) is 0 Å². The van der Waals surface area contributed by atoms with Gasteiger partial charge in [-0.2, -0.15) is 0 Å². The van der Waals surface area contributed by atoms with Crippen LogP contribution in [0.15, 0.2) is 60.8 Å². The fourth-order valence-electron chi connectivity index (χ4n) is 8.09. The summed E-state index contributed by atoms with van der Waals surface area (Å²) in [5.41, 5.74) is 0. The van der Waals surface area contributed by atoms with Crippen LogP contribution in [0.4, 0.5) is 0 Å². The summed E-state index contributed by atoms with van der Waals surface area (Å²) < 4.78 is 16.8. The van der Waals surface area contributed by atoms with Gasteiger partial charge in [0, 0.05) is 19.3 Å². The molecule has 0 saturated heterocycles. The summed E-state index contributed by atoms with van der Waals surface area (Å²) in [5.74, 6) is -0.901. The summed E-state index contributed by atoms with van der Waals surface area (Å²) in [4.78, 5) is 38.1. The predicted octanol–water partition coefficient (Wildman–Crippen LogP) is 19.2. The molecule has 0 aliphatic rings. The maximum atomic E-state index is 12.8. The molecule has 0 saturated carbocycles. The Morgan fingerprint density at radius 3 is 0.896 bits per heavy atom. The minimum Gasteiger partial charge on any atom is -0.462 e. The summed E-state index contributed by atoms with van der Waals surface area (Å²) in [5, 5.41) is 0. The van der Waals surface area contributed by atoms with E-state index in [4.69, 9.17) is 14.2 Å². The van der Waals surface area contributed by atoms with Crippen LogP contribution in [0.2, 0.25) is 0 Å². The number of esters is 3. The van der Waals surface area contributed by atoms with E-state index in [0.717, 1.165) is 103 Å². The monoisotopic (exact) mass is 937 g/mol. The Balaban J connectivity index is 4.35. The van der Waals surface area contributed by atoms with Crippen molar-refractivity contribution in [1.82, 2.24) is 0 Å². The van der Waals surface area contributed by atoms with Gasteiger partial charge in [0.15, 0.2) is 6.10 Å². The number of allylic oxidation sites excluding steroid dienone is 10. The second-order valence-electron chi connectivity index (χ2n) is 19.2. The minimum absolute atomic E-state index is 0.0835. The van der Waals surface area contributed by atoms with Crippen LogP contribution < -0.4 is 0 Å². The SMILES string of the molecule is CCC/C=C\C/C=C\CCCCCCCC(=O)OCC(COC(=O)CCCCCCCCCCC/C=C\C/C=C\CCCCCCC)OC(=O)CCCCCCC/C=C\CCCCCCCC. The van der Waals surface area contributed by atoms with Gasteiger partial charge < -0.3 is 14.2 Å². The molecule has 1 atom stereocenters. The molecule has 0 rings (SSSR count). The number of unbranched alkanes of at least 4 members (excludes halogenated alkanes) is 31. The molecule has 0 aromatic heterocycles. The van der Waals surface area contributed by atoms with E-state index < -0.39 is 6.10 Å². The van der Waals surface area contributed by atoms with Crippen LogP contribution >= 0.6 is 0 Å². The van der Waals surface area contributed by atoms with Crippen molar-refractivity contribution in [3.63, 3.8) is 0 Å². The van der Waals surface area contributed by atoms with Crippen LogP contribution in [0.3, 0.4) is 0 Å². The van der Waals surface area contributed by atoms with Crippen LogP contribution in [-0.4, -0.2) is 37.2 Å². The lowest BCUT2D eigenvalue weighted by atomic mass is 10.1. The second kappa shape index (κ2) is 55.7. The highest BCUT2D eigenvalue weighted by molar-refractivity contribution is 5.71. The minimum atomic E-state index is -0.786. The predicted molar refractivity (Wildman–Crippen MR) is 288 cm³/mol. The molecule has 0 N–H and O–H groups in total. The highest BCUT2D eigenvalue weighted by atomic mass is 16.6. The van der Waals surface area contributed by atoms with Gasteiger partial charge in [0.1, 0.15) is 13.2 Å². The summed E-state index contributed by atoms with van der Waals surface area (Å²) in [6.45, 7) is 6.56. The molecule has 67 heavy (non-hydrogen) atoms. The van der Waals surface area contributed by atoms with Crippen molar-refractivity contribution in [2.45, 2.75) is 297 Å². The quantitative estimate of drug-likeness (QED) is 0.0262. The van der Waals surface area contributed by atoms with E-state index in [1.807, 2.05) is 0 Å². The van der Waals surface area contributed by atoms with Gasteiger partial charge in [-0.15, -0.1) is 0 Å². The Kier molecular flexibility index (Phi) is 53.3. The van der Waals surface area contributed by atoms with Crippen molar-refractivity contribution in [2.24, 2.45) is 0 Å². The van der Waals surface area contributed by atoms with Crippen LogP contribution in [0.5, 0.6) is 0 Å². The van der Waals surface area contributed by atoms with Crippen molar-refractivity contribution in [3.8, 4) is 0 Å². The lowest BCUT2D eigenvalue weighted by Gasteiger charge is -2.18. The number of hydrogen-bond acceptors (Lipinski definition) is 6. The number of hydrogen-bond donors (Lipinski definition) is 0. The smallest absolute Gasteiger partial charge is 0.306 e. The molecule has 0 fully saturated rings. The highest BCUT2D eigenvalue weighted by Gasteiger charge is 2.19. The molecule has 0 amide bonds. The maximum Gasteiger partial charge on any atom is 0.306 e. The summed E-state index contributed by atoms with van der Waals surface area (Å²) in [6, 6.07) is 0. The van der Waals surface area contributed by atoms with Crippen molar-refractivity contribution in [2.75, 3.05) is 13.2 Å². The third-order valence-corrected chi connectivity index (χ3v) is 12.4. The van der Waals surface area contributed by atoms with E-state index in [9.17, 15) is 14.4 Å². The van der Waals surface area contributed by atoms with Gasteiger partial charge in [-0.3, -0.25) is 14.4 Å². The molecular weight excluding hydrogens is 829 g/mol. The average molecular weight is 938 g/mol. The van der Waals surface area contributed by atoms with Gasteiger partial charge in [0.05, 0.1) is 0 Å². The Morgan fingerprint density at radius 2 is 0.567 bits per heavy atom. The first-order valence-corrected chi connectivity index (χ1v) is 28.8. The topological polar surface area (TPSA) is 78.9 Å². The zero-order chi connectivity index (χ0) is 48.6. The maximum absolute atomic E-state index is 12.8. The number of rotatable bonds is 52. The summed E-state index contributed by atoms with van der Waals surface area (Å²) in [7, 11) is 0. The van der Waals surface area contributed by atoms with Gasteiger partial charge in [-0.25, -0.2) is 0 Å². The van der Waals surface area contributed by atoms with E-state index in [1.54, 1.807) is 0 Å². The third-order valence-electron chi connectivity index (χ3n) is 12.4. The molecule has 1 unspecified atom stereocenters. The van der Waals surface area contributed by atoms with E-state index in [-0.39, 0.29) is 31.1 Å². The summed E-state index contributed by atoms with van der Waals surface area (Å²) >= 11 is 0. The first-order chi connectivity index (χ1) is 33.0. The normalized spacial score (nSPS) is 12.5. The van der Waals surface area contributed by atoms with Crippen LogP contribution in [0.1, 0.15) is 290 Å². The molecule has 6 heteroatoms. The summed E-state index contributed by atoms with van der Waals surface area (Å²) in [6.07, 6.45) is 69.2. The van der Waals surface area contributed by atoms with E-state index in [1.165, 1.54) is 148 Å². The van der Waals surface area contributed by atoms with Gasteiger partial charge in [0.25, 0.3) is 0 Å². The largest absolute Gasteiger partial charge is 0.462 e. The molecule has 388 valence electrons. The molecule has 0 bridgehead atoms. The number of carbonyl (C=O) groups is 3. The Hall–Kier alpha value is -2.89. The fraction of sp³-hybridized carbons (Fsp3) is 0.787. The molecule has 6 nitrogen and oxygen atoms in total. The van der Waals surface area contributed by atoms with Crippen LogP contribution in [0.25, 0.3) is 0 Å². The standard InChI is InChI=1S/C61H108O6/c1-4-7-10-13-16-19-22-25-27-28-29-30-31-32-34-36-39-42-45-48-51-54-60(63)66-57-58(56-65-59(62)53-50-47-44-41-38-35-24-21-18-15-12-9-6-3)67-61(64)55-52-49-46-43-40-37-33-26-23-20-17-14-11-8-5-2/h12,15,21-22,24-26,28-29,33,58H,4-11,13-14,16-20,23,27,30-32,34-57H2,1-3H3/b15-12-,24-21-,25-22-,29-28-,33-26-. The molecule has 0 spiro atoms. The zero-order valence-corrected chi connectivity index (χ0v) is 44.4. The number of carbonyl (C=O) groups excluding carboxylic acids is 3. The fourth-order valence-corrected chi connectivity index (χ4v) is 8.09. The van der Waals surface area contributed by atoms with Gasteiger partial charge in [0.2, 0.25) is 0 Å². The Labute approximate surface area is 415 Å². The van der Waals surface area contributed by atoms with Gasteiger partial charge in [-0.1, -0.05) is 229 Å². The van der Waals surface area contributed by atoms with Crippen molar-refractivity contribution >= 4 is 17.9 Å². The second-order valence-corrected chi connectivity index (χ2v) is 19.2. The highest BCUT2D eigenvalue weighted by Crippen LogP contribution is 2.15. The third kappa shape index (κ3) is 53.9. The van der Waals surface area contributed by atoms with Crippen LogP contribution in [0, 0.1) is 0 Å². The van der Waals surface area contributed by atoms with Gasteiger partial charge in [-0.05, 0) is 103 Å². The van der Waals surface area contributed by atoms with E-state index in [0.29, 0.717) is 19.3 Å². The molecule has 0 aromatic carbocycles. The molecule has 0 aliphatic heterocycles. The molecule has 0 aromatic rings. The lowest BCUT2D eigenvalue weighted by molar-refractivity contribution is -0.167. The zero-order valence-electron chi connectivity index (χ0n) is 44.4. The Morgan fingerprint density at radius 1 is 0.299 bits per heavy atom. The van der Waals surface area contributed by atoms with Crippen molar-refractivity contribution in [3.05, 3.63) is 60.8 Å². The lowest BCUT2D eigenvalue weighted by Crippen LogP contribution is -2.30. The first-order valence-electron chi connectivity index (χ1n) is 28.8. The average Bonchev–Trinajstić information content (AvgIpc) is 3.33. The van der Waals surface area contributed by atoms with Crippen LogP contribution in [-0.2, 0) is 28.6 Å². The Bertz CT molecular complexity index is 1210. The van der Waals surface area contributed by atoms with E-state index >= 15 is 0 Å². The van der Waals surface area contributed by atoms with Crippen molar-refractivity contribution < 1.29 is 28.6 Å². The molecular formula is C61H108O6. The molecule has 0 radical (unpaired) electrons.